The number of rotatable bonds is 5. The van der Waals surface area contributed by atoms with E-state index in [1.165, 1.54) is 5.39 Å². The van der Waals surface area contributed by atoms with Gasteiger partial charge in [0, 0.05) is 54.2 Å². The standard InChI is InChI=1S/C32H30N6/c1-4-5-27-16-23(12-14-36(27)2)21-38-15-13-28-30(38)20-34-32(31(28)24-8-6-22(18-33)7-9-24)25-10-11-29-26(17-25)19-35-37(29)3/h1,6-11,13,15,17,19-20,23,27H,5,12,14,16,21H2,2-3H3/t23-,27-/m1/s1. The number of fused-ring (bicyclic) bond motifs is 2. The van der Waals surface area contributed by atoms with Gasteiger partial charge in [0.25, 0.3) is 0 Å². The molecule has 3 aromatic heterocycles. The molecule has 0 radical (unpaired) electrons. The van der Waals surface area contributed by atoms with E-state index in [-0.39, 0.29) is 0 Å². The zero-order valence-corrected chi connectivity index (χ0v) is 21.8. The molecule has 0 bridgehead atoms. The van der Waals surface area contributed by atoms with Gasteiger partial charge in [-0.3, -0.25) is 9.67 Å². The van der Waals surface area contributed by atoms with Crippen LogP contribution in [0.25, 0.3) is 44.2 Å². The summed E-state index contributed by atoms with van der Waals surface area (Å²) in [5, 5.41) is 16.0. The molecule has 0 saturated carbocycles. The number of hydrogen-bond donors (Lipinski definition) is 0. The highest BCUT2D eigenvalue weighted by atomic mass is 15.2. The molecule has 1 aliphatic heterocycles. The van der Waals surface area contributed by atoms with Crippen molar-refractivity contribution in [2.75, 3.05) is 13.6 Å². The first-order chi connectivity index (χ1) is 18.6. The number of aryl methyl sites for hydroxylation is 1. The summed E-state index contributed by atoms with van der Waals surface area (Å²) in [5.41, 5.74) is 6.97. The zero-order chi connectivity index (χ0) is 26.2. The summed E-state index contributed by atoms with van der Waals surface area (Å²) in [6.45, 7) is 2.03. The molecule has 6 heteroatoms. The Labute approximate surface area is 223 Å². The highest BCUT2D eigenvalue weighted by Crippen LogP contribution is 2.38. The third kappa shape index (κ3) is 4.24. The second-order valence-electron chi connectivity index (χ2n) is 10.4. The highest BCUT2D eigenvalue weighted by molar-refractivity contribution is 6.02. The maximum atomic E-state index is 9.35. The molecule has 38 heavy (non-hydrogen) atoms. The molecular weight excluding hydrogens is 468 g/mol. The van der Waals surface area contributed by atoms with Crippen LogP contribution in [0.3, 0.4) is 0 Å². The first kappa shape index (κ1) is 24.0. The Bertz CT molecular complexity index is 1710. The maximum absolute atomic E-state index is 9.35. The first-order valence-electron chi connectivity index (χ1n) is 13.1. The van der Waals surface area contributed by atoms with Crippen molar-refractivity contribution < 1.29 is 0 Å². The van der Waals surface area contributed by atoms with E-state index < -0.39 is 0 Å². The van der Waals surface area contributed by atoms with Crippen molar-refractivity contribution in [3.63, 3.8) is 0 Å². The Morgan fingerprint density at radius 3 is 2.63 bits per heavy atom. The van der Waals surface area contributed by atoms with Crippen molar-refractivity contribution in [3.05, 3.63) is 72.7 Å². The van der Waals surface area contributed by atoms with Crippen LogP contribution >= 0.6 is 0 Å². The van der Waals surface area contributed by atoms with Crippen LogP contribution in [-0.4, -0.2) is 43.9 Å². The number of terminal acetylenes is 1. The Hall–Kier alpha value is -4.39. The van der Waals surface area contributed by atoms with Gasteiger partial charge in [0.15, 0.2) is 0 Å². The summed E-state index contributed by atoms with van der Waals surface area (Å²) in [5.74, 6) is 3.44. The van der Waals surface area contributed by atoms with Crippen LogP contribution in [0.2, 0.25) is 0 Å². The van der Waals surface area contributed by atoms with Crippen LogP contribution in [0.4, 0.5) is 0 Å². The lowest BCUT2D eigenvalue weighted by Crippen LogP contribution is -2.40. The van der Waals surface area contributed by atoms with Crippen molar-refractivity contribution in [2.45, 2.75) is 31.8 Å². The maximum Gasteiger partial charge on any atom is 0.0991 e. The van der Waals surface area contributed by atoms with E-state index in [0.717, 1.165) is 71.2 Å². The predicted octanol–water partition coefficient (Wildman–Crippen LogP) is 5.86. The van der Waals surface area contributed by atoms with Crippen molar-refractivity contribution >= 4 is 21.8 Å². The lowest BCUT2D eigenvalue weighted by atomic mass is 9.89. The molecular formula is C32H30N6. The van der Waals surface area contributed by atoms with Crippen molar-refractivity contribution in [3.8, 4) is 40.8 Å². The number of nitrogens with zero attached hydrogens (tertiary/aromatic N) is 6. The molecule has 6 rings (SSSR count). The number of aromatic nitrogens is 4. The van der Waals surface area contributed by atoms with Gasteiger partial charge in [0.05, 0.1) is 40.8 Å². The fourth-order valence-electron chi connectivity index (χ4n) is 5.92. The van der Waals surface area contributed by atoms with Gasteiger partial charge < -0.3 is 9.47 Å². The quantitative estimate of drug-likeness (QED) is 0.285. The van der Waals surface area contributed by atoms with Gasteiger partial charge >= 0.3 is 0 Å². The third-order valence-electron chi connectivity index (χ3n) is 8.08. The molecule has 2 aromatic carbocycles. The minimum Gasteiger partial charge on any atom is -0.346 e. The van der Waals surface area contributed by atoms with E-state index in [1.54, 1.807) is 0 Å². The summed E-state index contributed by atoms with van der Waals surface area (Å²) in [7, 11) is 4.14. The van der Waals surface area contributed by atoms with Gasteiger partial charge in [0.2, 0.25) is 0 Å². The summed E-state index contributed by atoms with van der Waals surface area (Å²) in [6.07, 6.45) is 14.8. The highest BCUT2D eigenvalue weighted by Gasteiger charge is 2.26. The van der Waals surface area contributed by atoms with E-state index in [9.17, 15) is 5.26 Å². The van der Waals surface area contributed by atoms with Crippen LogP contribution in [0.5, 0.6) is 0 Å². The molecule has 6 nitrogen and oxygen atoms in total. The van der Waals surface area contributed by atoms with Gasteiger partial charge in [-0.1, -0.05) is 18.2 Å². The van der Waals surface area contributed by atoms with E-state index in [1.807, 2.05) is 48.4 Å². The molecule has 0 amide bonds. The molecule has 0 spiro atoms. The normalized spacial score (nSPS) is 18.0. The zero-order valence-electron chi connectivity index (χ0n) is 21.8. The molecule has 0 unspecified atom stereocenters. The van der Waals surface area contributed by atoms with Crippen LogP contribution in [-0.2, 0) is 13.6 Å². The molecule has 4 heterocycles. The fourth-order valence-corrected chi connectivity index (χ4v) is 5.92. The third-order valence-corrected chi connectivity index (χ3v) is 8.08. The van der Waals surface area contributed by atoms with Gasteiger partial charge in [-0.15, -0.1) is 12.3 Å². The number of hydrogen-bond acceptors (Lipinski definition) is 4. The van der Waals surface area contributed by atoms with Gasteiger partial charge in [0.1, 0.15) is 0 Å². The topological polar surface area (TPSA) is 62.7 Å². The molecule has 2 atom stereocenters. The molecule has 1 saturated heterocycles. The summed E-state index contributed by atoms with van der Waals surface area (Å²) >= 11 is 0. The Kier molecular flexibility index (Phi) is 6.19. The number of pyridine rings is 1. The summed E-state index contributed by atoms with van der Waals surface area (Å²) in [4.78, 5) is 7.45. The second kappa shape index (κ2) is 9.82. The van der Waals surface area contributed by atoms with Gasteiger partial charge in [-0.25, -0.2) is 0 Å². The van der Waals surface area contributed by atoms with E-state index in [0.29, 0.717) is 17.5 Å². The molecule has 1 aliphatic rings. The molecule has 0 aliphatic carbocycles. The minimum absolute atomic E-state index is 0.446. The van der Waals surface area contributed by atoms with E-state index in [4.69, 9.17) is 11.4 Å². The summed E-state index contributed by atoms with van der Waals surface area (Å²) in [6, 6.07) is 19.1. The molecule has 0 N–H and O–H groups in total. The molecule has 1 fully saturated rings. The predicted molar refractivity (Wildman–Crippen MR) is 152 cm³/mol. The number of benzene rings is 2. The number of likely N-dealkylation sites (tertiary alicyclic amines) is 1. The Morgan fingerprint density at radius 2 is 1.84 bits per heavy atom. The smallest absolute Gasteiger partial charge is 0.0991 e. The van der Waals surface area contributed by atoms with E-state index in [2.05, 4.69) is 64.1 Å². The molecule has 5 aromatic rings. The van der Waals surface area contributed by atoms with Gasteiger partial charge in [-0.2, -0.15) is 10.4 Å². The van der Waals surface area contributed by atoms with Crippen molar-refractivity contribution in [1.82, 2.24) is 24.2 Å². The van der Waals surface area contributed by atoms with Crippen molar-refractivity contribution in [1.29, 1.82) is 5.26 Å². The van der Waals surface area contributed by atoms with Crippen LogP contribution in [0, 0.1) is 29.6 Å². The van der Waals surface area contributed by atoms with E-state index >= 15 is 0 Å². The lowest BCUT2D eigenvalue weighted by Gasteiger charge is -2.36. The van der Waals surface area contributed by atoms with Gasteiger partial charge in [-0.05, 0) is 68.2 Å². The van der Waals surface area contributed by atoms with Crippen LogP contribution < -0.4 is 0 Å². The number of piperidine rings is 1. The SMILES string of the molecule is C#CC[C@@H]1C[C@H](Cn2ccc3c(-c4ccc(C#N)cc4)c(-c4ccc5c(cnn5C)c4)ncc32)CCN1C. The minimum atomic E-state index is 0.446. The largest absolute Gasteiger partial charge is 0.346 e. The average molecular weight is 499 g/mol. The Balaban J connectivity index is 1.44. The molecule has 188 valence electrons. The average Bonchev–Trinajstić information content (AvgIpc) is 3.53. The Morgan fingerprint density at radius 1 is 1.03 bits per heavy atom. The summed E-state index contributed by atoms with van der Waals surface area (Å²) < 4.78 is 4.24. The lowest BCUT2D eigenvalue weighted by molar-refractivity contribution is 0.136. The van der Waals surface area contributed by atoms with Crippen molar-refractivity contribution in [2.24, 2.45) is 13.0 Å². The van der Waals surface area contributed by atoms with Crippen LogP contribution in [0.1, 0.15) is 24.8 Å². The number of nitriles is 1. The fraction of sp³-hybridized carbons (Fsp3) is 0.281. The van der Waals surface area contributed by atoms with Crippen LogP contribution in [0.15, 0.2) is 67.1 Å². The monoisotopic (exact) mass is 498 g/mol. The first-order valence-corrected chi connectivity index (χ1v) is 13.1. The second-order valence-corrected chi connectivity index (χ2v) is 10.4.